The molecule has 0 fully saturated rings. The molecule has 0 heterocycles. The van der Waals surface area contributed by atoms with Crippen molar-refractivity contribution in [2.75, 3.05) is 4.31 Å². The number of hydrogen-bond donors (Lipinski definition) is 0. The Hall–Kier alpha value is -2.73. The van der Waals surface area contributed by atoms with Crippen LogP contribution in [0.25, 0.3) is 0 Å². The summed E-state index contributed by atoms with van der Waals surface area (Å²) >= 11 is 0. The molecule has 0 aliphatic rings. The molecule has 0 N–H and O–H groups in total. The summed E-state index contributed by atoms with van der Waals surface area (Å²) in [4.78, 5) is -0.158. The van der Waals surface area contributed by atoms with Gasteiger partial charge >= 0.3 is 0 Å². The Balaban J connectivity index is 2.09. The van der Waals surface area contributed by atoms with E-state index >= 15 is 0 Å². The van der Waals surface area contributed by atoms with E-state index in [-0.39, 0.29) is 11.4 Å². The molecule has 0 aliphatic heterocycles. The van der Waals surface area contributed by atoms with Crippen molar-refractivity contribution in [1.82, 2.24) is 0 Å². The topological polar surface area (TPSA) is 37.4 Å². The van der Waals surface area contributed by atoms with Crippen LogP contribution in [-0.4, -0.2) is 8.42 Å². The van der Waals surface area contributed by atoms with E-state index in [2.05, 4.69) is 0 Å². The smallest absolute Gasteiger partial charge is 0.262 e. The Morgan fingerprint density at radius 3 is 2.19 bits per heavy atom. The van der Waals surface area contributed by atoms with Crippen molar-refractivity contribution in [2.45, 2.75) is 18.4 Å². The first-order valence-electron chi connectivity index (χ1n) is 7.96. The SMILES string of the molecule is Cc1cccc(CN(c2ccc(F)cc2)S(=O)(=O)c2cccc(F)c2)c1. The Morgan fingerprint density at radius 2 is 1.54 bits per heavy atom. The number of nitrogens with zero attached hydrogens (tertiary/aromatic N) is 1. The van der Waals surface area contributed by atoms with Crippen molar-refractivity contribution < 1.29 is 17.2 Å². The molecule has 0 amide bonds. The maximum Gasteiger partial charge on any atom is 0.264 e. The predicted molar refractivity (Wildman–Crippen MR) is 97.3 cm³/mol. The molecule has 0 radical (unpaired) electrons. The number of rotatable bonds is 5. The van der Waals surface area contributed by atoms with Crippen molar-refractivity contribution in [3.63, 3.8) is 0 Å². The lowest BCUT2D eigenvalue weighted by atomic mass is 10.1. The lowest BCUT2D eigenvalue weighted by molar-refractivity contribution is 0.585. The van der Waals surface area contributed by atoms with Gasteiger partial charge in [0.05, 0.1) is 17.1 Å². The standard InChI is InChI=1S/C20H17F2NO2S/c1-15-4-2-5-16(12-15)14-23(19-10-8-17(21)9-11-19)26(24,25)20-7-3-6-18(22)13-20/h2-13H,14H2,1H3. The van der Waals surface area contributed by atoms with Crippen molar-refractivity contribution in [3.8, 4) is 0 Å². The third kappa shape index (κ3) is 3.91. The summed E-state index contributed by atoms with van der Waals surface area (Å²) in [6.45, 7) is 1.96. The molecule has 3 nitrogen and oxygen atoms in total. The molecule has 3 aromatic carbocycles. The largest absolute Gasteiger partial charge is 0.264 e. The van der Waals surface area contributed by atoms with E-state index in [0.717, 1.165) is 21.5 Å². The molecule has 0 spiro atoms. The second-order valence-corrected chi connectivity index (χ2v) is 7.80. The number of hydrogen-bond acceptors (Lipinski definition) is 2. The number of benzene rings is 3. The molecule has 0 bridgehead atoms. The first kappa shape index (κ1) is 18.1. The molecule has 0 saturated heterocycles. The number of aryl methyl sites for hydroxylation is 1. The molecule has 3 rings (SSSR count). The zero-order valence-corrected chi connectivity index (χ0v) is 14.9. The minimum Gasteiger partial charge on any atom is -0.262 e. The highest BCUT2D eigenvalue weighted by molar-refractivity contribution is 7.92. The van der Waals surface area contributed by atoms with E-state index in [1.165, 1.54) is 42.5 Å². The Kier molecular flexibility index (Phi) is 5.04. The molecule has 0 saturated carbocycles. The summed E-state index contributed by atoms with van der Waals surface area (Å²) in [7, 11) is -4.03. The van der Waals surface area contributed by atoms with E-state index in [4.69, 9.17) is 0 Å². The van der Waals surface area contributed by atoms with Crippen molar-refractivity contribution >= 4 is 15.7 Å². The van der Waals surface area contributed by atoms with Crippen LogP contribution in [0.1, 0.15) is 11.1 Å². The summed E-state index contributed by atoms with van der Waals surface area (Å²) in [6.07, 6.45) is 0. The summed E-state index contributed by atoms with van der Waals surface area (Å²) in [5.74, 6) is -1.10. The van der Waals surface area contributed by atoms with E-state index in [1.807, 2.05) is 31.2 Å². The van der Waals surface area contributed by atoms with Crippen LogP contribution in [0.4, 0.5) is 14.5 Å². The molecule has 26 heavy (non-hydrogen) atoms. The zero-order valence-electron chi connectivity index (χ0n) is 14.1. The highest BCUT2D eigenvalue weighted by Gasteiger charge is 2.25. The van der Waals surface area contributed by atoms with Gasteiger partial charge in [-0.15, -0.1) is 0 Å². The van der Waals surface area contributed by atoms with Gasteiger partial charge in [0.25, 0.3) is 10.0 Å². The van der Waals surface area contributed by atoms with Gasteiger partial charge in [0, 0.05) is 0 Å². The lowest BCUT2D eigenvalue weighted by Crippen LogP contribution is -2.30. The fourth-order valence-electron chi connectivity index (χ4n) is 2.65. The third-order valence-corrected chi connectivity index (χ3v) is 5.68. The van der Waals surface area contributed by atoms with Gasteiger partial charge in [-0.2, -0.15) is 0 Å². The van der Waals surface area contributed by atoms with Crippen molar-refractivity contribution in [3.05, 3.63) is 95.6 Å². The normalized spacial score (nSPS) is 11.3. The summed E-state index contributed by atoms with van der Waals surface area (Å²) in [5.41, 5.74) is 2.07. The summed E-state index contributed by atoms with van der Waals surface area (Å²) in [5, 5.41) is 0. The number of anilines is 1. The first-order valence-corrected chi connectivity index (χ1v) is 9.40. The van der Waals surface area contributed by atoms with E-state index < -0.39 is 21.7 Å². The average molecular weight is 373 g/mol. The van der Waals surface area contributed by atoms with Crippen LogP contribution in [0, 0.1) is 18.6 Å². The highest BCUT2D eigenvalue weighted by Crippen LogP contribution is 2.26. The molecular formula is C20H17F2NO2S. The lowest BCUT2D eigenvalue weighted by Gasteiger charge is -2.25. The molecule has 0 atom stereocenters. The molecule has 134 valence electrons. The quantitative estimate of drug-likeness (QED) is 0.652. The van der Waals surface area contributed by atoms with Crippen LogP contribution >= 0.6 is 0 Å². The fourth-order valence-corrected chi connectivity index (χ4v) is 4.14. The van der Waals surface area contributed by atoms with Gasteiger partial charge in [0.2, 0.25) is 0 Å². The maximum atomic E-state index is 13.6. The van der Waals surface area contributed by atoms with Crippen molar-refractivity contribution in [2.24, 2.45) is 0 Å². The van der Waals surface area contributed by atoms with Gasteiger partial charge in [0.15, 0.2) is 0 Å². The van der Waals surface area contributed by atoms with Crippen molar-refractivity contribution in [1.29, 1.82) is 0 Å². The Bertz CT molecular complexity index is 1020. The fraction of sp³-hybridized carbons (Fsp3) is 0.100. The van der Waals surface area contributed by atoms with Crippen LogP contribution in [0.15, 0.2) is 77.7 Å². The Morgan fingerprint density at radius 1 is 0.846 bits per heavy atom. The minimum atomic E-state index is -4.03. The van der Waals surface area contributed by atoms with Crippen LogP contribution in [0.2, 0.25) is 0 Å². The average Bonchev–Trinajstić information content (AvgIpc) is 2.60. The number of sulfonamides is 1. The molecular weight excluding hydrogens is 356 g/mol. The molecule has 0 aliphatic carbocycles. The van der Waals surface area contributed by atoms with Crippen LogP contribution in [0.5, 0.6) is 0 Å². The van der Waals surface area contributed by atoms with Gasteiger partial charge in [-0.1, -0.05) is 35.9 Å². The summed E-state index contributed by atoms with van der Waals surface area (Å²) < 4.78 is 54.2. The van der Waals surface area contributed by atoms with Crippen LogP contribution < -0.4 is 4.31 Å². The molecule has 3 aromatic rings. The predicted octanol–water partition coefficient (Wildman–Crippen LogP) is 4.67. The van der Waals surface area contributed by atoms with Gasteiger partial charge in [-0.25, -0.2) is 17.2 Å². The second kappa shape index (κ2) is 7.25. The summed E-state index contributed by atoms with van der Waals surface area (Å²) in [6, 6.07) is 17.4. The van der Waals surface area contributed by atoms with E-state index in [1.54, 1.807) is 0 Å². The van der Waals surface area contributed by atoms with Crippen LogP contribution in [0.3, 0.4) is 0 Å². The molecule has 0 aromatic heterocycles. The first-order chi connectivity index (χ1) is 12.4. The number of halogens is 2. The third-order valence-electron chi connectivity index (χ3n) is 3.91. The van der Waals surface area contributed by atoms with Gasteiger partial charge < -0.3 is 0 Å². The highest BCUT2D eigenvalue weighted by atomic mass is 32.2. The van der Waals surface area contributed by atoms with Crippen LogP contribution in [-0.2, 0) is 16.6 Å². The second-order valence-electron chi connectivity index (χ2n) is 5.93. The minimum absolute atomic E-state index is 0.0478. The molecule has 6 heteroatoms. The van der Waals surface area contributed by atoms with Gasteiger partial charge in [-0.3, -0.25) is 4.31 Å². The maximum absolute atomic E-state index is 13.6. The zero-order chi connectivity index (χ0) is 18.7. The van der Waals surface area contributed by atoms with Gasteiger partial charge in [0.1, 0.15) is 11.6 Å². The van der Waals surface area contributed by atoms with Gasteiger partial charge in [-0.05, 0) is 55.0 Å². The monoisotopic (exact) mass is 373 g/mol. The van der Waals surface area contributed by atoms with E-state index in [0.29, 0.717) is 5.69 Å². The Labute approximate surface area is 151 Å². The molecule has 0 unspecified atom stereocenters. The van der Waals surface area contributed by atoms with E-state index in [9.17, 15) is 17.2 Å².